The number of carbonyl (C=O) groups is 4. The molecule has 4 amide bonds. The molecular formula is C50H62Cl2FN9O5. The van der Waals surface area contributed by atoms with Crippen molar-refractivity contribution >= 4 is 64.1 Å². The predicted octanol–water partition coefficient (Wildman–Crippen LogP) is 6.44. The van der Waals surface area contributed by atoms with Gasteiger partial charge < -0.3 is 20.4 Å². The third-order valence-corrected chi connectivity index (χ3v) is 16.4. The normalized spacial score (nSPS) is 26.7. The Kier molecular flexibility index (Phi) is 13.7. The maximum Gasteiger partial charge on any atom is 0.329 e. The highest BCUT2D eigenvalue weighted by molar-refractivity contribution is 6.31. The number of aryl methyl sites for hydroxylation is 1. The molecule has 0 bridgehead atoms. The van der Waals surface area contributed by atoms with Gasteiger partial charge in [-0.1, -0.05) is 49.2 Å². The molecule has 4 atom stereocenters. The summed E-state index contributed by atoms with van der Waals surface area (Å²) in [6.07, 6.45) is 10.6. The summed E-state index contributed by atoms with van der Waals surface area (Å²) in [5, 5.41) is 12.7. The number of pyridine rings is 1. The first-order chi connectivity index (χ1) is 32.1. The number of amides is 4. The molecule has 17 heteroatoms. The molecule has 5 fully saturated rings. The van der Waals surface area contributed by atoms with Crippen LogP contribution in [0, 0.1) is 17.2 Å². The molecule has 4 N–H and O–H groups in total. The second-order valence-corrected chi connectivity index (χ2v) is 21.4. The van der Waals surface area contributed by atoms with Gasteiger partial charge >= 0.3 is 5.69 Å². The Morgan fingerprint density at radius 1 is 0.910 bits per heavy atom. The van der Waals surface area contributed by atoms with E-state index in [1.165, 1.54) is 10.8 Å². The fourth-order valence-corrected chi connectivity index (χ4v) is 12.4. The van der Waals surface area contributed by atoms with Gasteiger partial charge in [-0.25, -0.2) is 14.2 Å². The lowest BCUT2D eigenvalue weighted by atomic mass is 9.61. The summed E-state index contributed by atoms with van der Waals surface area (Å²) >= 11 is 12.8. The average molecular weight is 959 g/mol. The van der Waals surface area contributed by atoms with E-state index in [1.54, 1.807) is 29.8 Å². The van der Waals surface area contributed by atoms with E-state index in [1.807, 2.05) is 24.3 Å². The van der Waals surface area contributed by atoms with Gasteiger partial charge in [0.25, 0.3) is 0 Å². The smallest absolute Gasteiger partial charge is 0.329 e. The summed E-state index contributed by atoms with van der Waals surface area (Å²) in [6.45, 7) is 10.4. The molecule has 2 aromatic carbocycles. The van der Waals surface area contributed by atoms with Gasteiger partial charge in [-0.2, -0.15) is 0 Å². The summed E-state index contributed by atoms with van der Waals surface area (Å²) in [7, 11) is 1.72. The highest BCUT2D eigenvalue weighted by Gasteiger charge is 2.58. The van der Waals surface area contributed by atoms with Crippen molar-refractivity contribution < 1.29 is 23.6 Å². The molecule has 67 heavy (non-hydrogen) atoms. The Hall–Kier alpha value is -4.67. The fraction of sp³-hybridized carbons (Fsp3) is 0.560. The van der Waals surface area contributed by atoms with Crippen molar-refractivity contribution in [3.63, 3.8) is 0 Å². The third-order valence-electron chi connectivity index (χ3n) is 15.9. The number of carbonyl (C=O) groups excluding carboxylic acids is 4. The molecule has 358 valence electrons. The molecule has 0 radical (unpaired) electrons. The van der Waals surface area contributed by atoms with E-state index in [0.717, 1.165) is 114 Å². The zero-order chi connectivity index (χ0) is 47.2. The summed E-state index contributed by atoms with van der Waals surface area (Å²) in [4.78, 5) is 73.3. The van der Waals surface area contributed by atoms with E-state index in [9.17, 15) is 24.0 Å². The minimum Gasteiger partial charge on any atom is -0.352 e. The van der Waals surface area contributed by atoms with Crippen LogP contribution >= 0.6 is 23.2 Å². The van der Waals surface area contributed by atoms with Gasteiger partial charge in [-0.15, -0.1) is 0 Å². The Morgan fingerprint density at radius 3 is 2.36 bits per heavy atom. The Bertz CT molecular complexity index is 2590. The van der Waals surface area contributed by atoms with Crippen LogP contribution in [-0.2, 0) is 32.6 Å². The number of halogens is 3. The first-order valence-electron chi connectivity index (χ1n) is 24.0. The number of benzene rings is 2. The maximum atomic E-state index is 16.3. The van der Waals surface area contributed by atoms with Crippen molar-refractivity contribution in [1.29, 1.82) is 0 Å². The van der Waals surface area contributed by atoms with Crippen molar-refractivity contribution in [2.45, 2.75) is 120 Å². The number of imidazole rings is 1. The Morgan fingerprint density at radius 2 is 1.64 bits per heavy atom. The number of rotatable bonds is 12. The molecule has 4 unspecified atom stereocenters. The van der Waals surface area contributed by atoms with Gasteiger partial charge in [0, 0.05) is 93.1 Å². The van der Waals surface area contributed by atoms with E-state index < -0.39 is 41.2 Å². The number of fused-ring (bicyclic) bond motifs is 1. The second kappa shape index (κ2) is 19.4. The third kappa shape index (κ3) is 9.68. The number of nitrogens with zero attached hydrogens (tertiary/aromatic N) is 5. The number of imide groups is 1. The quantitative estimate of drug-likeness (QED) is 0.0712. The molecule has 2 aliphatic carbocycles. The van der Waals surface area contributed by atoms with E-state index in [-0.39, 0.29) is 40.5 Å². The number of hydrogen-bond donors (Lipinski definition) is 4. The molecule has 9 rings (SSSR count). The van der Waals surface area contributed by atoms with Crippen LogP contribution in [0.25, 0.3) is 11.0 Å². The Balaban J connectivity index is 0.811. The van der Waals surface area contributed by atoms with Gasteiger partial charge in [0.15, 0.2) is 11.0 Å². The first kappa shape index (κ1) is 47.4. The largest absolute Gasteiger partial charge is 0.352 e. The van der Waals surface area contributed by atoms with Crippen LogP contribution in [0.15, 0.2) is 53.5 Å². The molecule has 3 saturated heterocycles. The molecule has 2 saturated carbocycles. The molecule has 14 nitrogen and oxygen atoms in total. The zero-order valence-electron chi connectivity index (χ0n) is 38.6. The summed E-state index contributed by atoms with van der Waals surface area (Å²) in [5.41, 5.74) is 3.54. The molecule has 3 aliphatic heterocycles. The summed E-state index contributed by atoms with van der Waals surface area (Å²) < 4.78 is 19.4. The second-order valence-electron chi connectivity index (χ2n) is 20.6. The van der Waals surface area contributed by atoms with E-state index in [0.29, 0.717) is 40.5 Å². The number of nitrogens with one attached hydrogen (secondary N) is 4. The SMILES string of the molecule is Cn1c(=O)n(C2CCC(=O)NC2=O)c2ccc(CCN3CCN(CC4CCC(NC(=O)C5NC6(CCC(C)(C)CC6)C(c6ccc(Cl)cc6NC=O)C5c5ccnc(Cl)c5F)CC4)CC3)cc21. The maximum absolute atomic E-state index is 16.3. The van der Waals surface area contributed by atoms with Crippen LogP contribution in [0.3, 0.4) is 0 Å². The van der Waals surface area contributed by atoms with Gasteiger partial charge in [0.1, 0.15) is 6.04 Å². The number of hydrogen-bond acceptors (Lipinski definition) is 9. The topological polar surface area (TPSA) is 163 Å². The molecule has 1 spiro atoms. The highest BCUT2D eigenvalue weighted by Crippen LogP contribution is 2.58. The standard InChI is InChI=1S/C50H62Cl2FN9O5/c1-49(2)16-18-50(19-17-49)42(34-10-7-32(51)27-36(34)55-29-63)41(35-14-20-54-45(52)43(35)53)44(58-50)47(66)56-33-8-4-31(5-9-33)28-61-24-22-60(23-25-61)21-15-30-6-11-37-39(26-30)59(3)48(67)62(37)38-12-13-40(64)57-46(38)65/h6-7,10-11,14,20,26-27,29,31,33,38,41-42,44,58H,4-5,8-9,12-13,15-19,21-25,28H2,1-3H3,(H,55,63)(H,56,66)(H,57,64,65). The van der Waals surface area contributed by atoms with Crippen LogP contribution in [0.5, 0.6) is 0 Å². The number of piperazine rings is 1. The zero-order valence-corrected chi connectivity index (χ0v) is 40.1. The monoisotopic (exact) mass is 957 g/mol. The number of anilines is 1. The fourth-order valence-electron chi connectivity index (χ4n) is 12.0. The van der Waals surface area contributed by atoms with E-state index in [2.05, 4.69) is 49.9 Å². The minimum atomic E-state index is -0.767. The molecule has 5 heterocycles. The number of aromatic nitrogens is 3. The van der Waals surface area contributed by atoms with Crippen LogP contribution in [-0.4, -0.2) is 105 Å². The average Bonchev–Trinajstić information content (AvgIpc) is 3.76. The van der Waals surface area contributed by atoms with Gasteiger partial charge in [-0.05, 0) is 123 Å². The van der Waals surface area contributed by atoms with E-state index >= 15 is 4.39 Å². The molecule has 5 aliphatic rings. The van der Waals surface area contributed by atoms with E-state index in [4.69, 9.17) is 23.2 Å². The summed E-state index contributed by atoms with van der Waals surface area (Å²) in [6, 6.07) is 11.6. The highest BCUT2D eigenvalue weighted by atomic mass is 35.5. The molecular weight excluding hydrogens is 897 g/mol. The minimum absolute atomic E-state index is 0.00494. The Labute approximate surface area is 400 Å². The van der Waals surface area contributed by atoms with Crippen LogP contribution in [0.2, 0.25) is 10.2 Å². The lowest BCUT2D eigenvalue weighted by molar-refractivity contribution is -0.135. The summed E-state index contributed by atoms with van der Waals surface area (Å²) in [5.74, 6) is -2.05. The predicted molar refractivity (Wildman–Crippen MR) is 257 cm³/mol. The lowest BCUT2D eigenvalue weighted by Crippen LogP contribution is -2.54. The van der Waals surface area contributed by atoms with Gasteiger partial charge in [-0.3, -0.25) is 38.9 Å². The van der Waals surface area contributed by atoms with Gasteiger partial charge in [0.05, 0.1) is 17.1 Å². The van der Waals surface area contributed by atoms with Crippen molar-refractivity contribution in [2.75, 3.05) is 44.6 Å². The van der Waals surface area contributed by atoms with Crippen LogP contribution in [0.1, 0.15) is 113 Å². The number of piperidine rings is 1. The van der Waals surface area contributed by atoms with Crippen molar-refractivity contribution in [3.8, 4) is 0 Å². The van der Waals surface area contributed by atoms with Crippen molar-refractivity contribution in [1.82, 2.24) is 39.9 Å². The van der Waals surface area contributed by atoms with Crippen LogP contribution < -0.4 is 27.0 Å². The van der Waals surface area contributed by atoms with Crippen molar-refractivity contribution in [3.05, 3.63) is 91.8 Å². The lowest BCUT2D eigenvalue weighted by Gasteiger charge is -2.46. The molecule has 4 aromatic rings. The van der Waals surface area contributed by atoms with Crippen molar-refractivity contribution in [2.24, 2.45) is 18.4 Å². The van der Waals surface area contributed by atoms with Crippen LogP contribution in [0.4, 0.5) is 10.1 Å². The van der Waals surface area contributed by atoms with Gasteiger partial charge in [0.2, 0.25) is 24.1 Å². The first-order valence-corrected chi connectivity index (χ1v) is 24.7. The molecule has 2 aromatic heterocycles.